The molecule has 0 aliphatic carbocycles. The Morgan fingerprint density at radius 3 is 2.79 bits per heavy atom. The Kier molecular flexibility index (Phi) is 4.41. The van der Waals surface area contributed by atoms with Crippen molar-refractivity contribution in [2.75, 3.05) is 7.11 Å². The quantitative estimate of drug-likeness (QED) is 0.639. The van der Waals surface area contributed by atoms with Crippen LogP contribution in [0.1, 0.15) is 41.9 Å². The van der Waals surface area contributed by atoms with Crippen LogP contribution in [0.3, 0.4) is 0 Å². The molecule has 0 saturated carbocycles. The summed E-state index contributed by atoms with van der Waals surface area (Å²) in [5, 5.41) is 4.17. The minimum absolute atomic E-state index is 0.181. The maximum absolute atomic E-state index is 5.69. The largest absolute Gasteiger partial charge is 0.495 e. The number of methoxy groups -OCH3 is 1. The van der Waals surface area contributed by atoms with E-state index in [0.29, 0.717) is 11.7 Å². The standard InChI is InChI=1S/C12H17N5OS/c1-7(2)10-12(19-17-16-10)11(15-13)8-4-9(18-3)6-14-5-8/h4-7,11,15H,13H2,1-3H3. The van der Waals surface area contributed by atoms with Crippen LogP contribution >= 0.6 is 11.5 Å². The van der Waals surface area contributed by atoms with Gasteiger partial charge in [0.25, 0.3) is 0 Å². The predicted octanol–water partition coefficient (Wildman–Crippen LogP) is 1.62. The third-order valence-corrected chi connectivity index (χ3v) is 3.62. The predicted molar refractivity (Wildman–Crippen MR) is 74.0 cm³/mol. The Hall–Kier alpha value is -1.57. The fourth-order valence-corrected chi connectivity index (χ4v) is 2.73. The van der Waals surface area contributed by atoms with Crippen molar-refractivity contribution in [3.05, 3.63) is 34.6 Å². The van der Waals surface area contributed by atoms with E-state index >= 15 is 0 Å². The summed E-state index contributed by atoms with van der Waals surface area (Å²) < 4.78 is 9.21. The molecule has 2 heterocycles. The van der Waals surface area contributed by atoms with Gasteiger partial charge in [-0.1, -0.05) is 18.3 Å². The molecule has 0 fully saturated rings. The first-order valence-electron chi connectivity index (χ1n) is 5.94. The molecular weight excluding hydrogens is 262 g/mol. The Labute approximate surface area is 116 Å². The highest BCUT2D eigenvalue weighted by Gasteiger charge is 2.22. The van der Waals surface area contributed by atoms with E-state index in [-0.39, 0.29) is 6.04 Å². The molecule has 0 spiro atoms. The van der Waals surface area contributed by atoms with Gasteiger partial charge in [-0.2, -0.15) is 0 Å². The van der Waals surface area contributed by atoms with Crippen molar-refractivity contribution in [1.29, 1.82) is 0 Å². The van der Waals surface area contributed by atoms with E-state index in [1.807, 2.05) is 6.07 Å². The Bertz CT molecular complexity index is 542. The second-order valence-corrected chi connectivity index (χ2v) is 5.22. The van der Waals surface area contributed by atoms with Crippen LogP contribution in [0.4, 0.5) is 0 Å². The van der Waals surface area contributed by atoms with Gasteiger partial charge in [-0.3, -0.25) is 10.8 Å². The zero-order valence-electron chi connectivity index (χ0n) is 11.1. The summed E-state index contributed by atoms with van der Waals surface area (Å²) >= 11 is 1.35. The van der Waals surface area contributed by atoms with Gasteiger partial charge in [-0.15, -0.1) is 5.10 Å². The normalized spacial score (nSPS) is 12.7. The van der Waals surface area contributed by atoms with Crippen molar-refractivity contribution >= 4 is 11.5 Å². The average molecular weight is 279 g/mol. The molecule has 0 bridgehead atoms. The number of rotatable bonds is 5. The number of hydrazine groups is 1. The van der Waals surface area contributed by atoms with Crippen LogP contribution < -0.4 is 16.0 Å². The van der Waals surface area contributed by atoms with Gasteiger partial charge in [0.1, 0.15) is 5.75 Å². The Morgan fingerprint density at radius 2 is 2.16 bits per heavy atom. The highest BCUT2D eigenvalue weighted by atomic mass is 32.1. The van der Waals surface area contributed by atoms with Gasteiger partial charge in [0.15, 0.2) is 0 Å². The van der Waals surface area contributed by atoms with Gasteiger partial charge in [-0.05, 0) is 29.1 Å². The lowest BCUT2D eigenvalue weighted by atomic mass is 10.0. The molecule has 0 amide bonds. The smallest absolute Gasteiger partial charge is 0.137 e. The lowest BCUT2D eigenvalue weighted by molar-refractivity contribution is 0.411. The van der Waals surface area contributed by atoms with Crippen molar-refractivity contribution in [2.45, 2.75) is 25.8 Å². The highest BCUT2D eigenvalue weighted by Crippen LogP contribution is 2.31. The van der Waals surface area contributed by atoms with Gasteiger partial charge in [0.2, 0.25) is 0 Å². The van der Waals surface area contributed by atoms with Gasteiger partial charge in [0.05, 0.1) is 29.9 Å². The average Bonchev–Trinajstić information content (AvgIpc) is 2.89. The molecule has 2 rings (SSSR count). The molecule has 7 heteroatoms. The molecular formula is C12H17N5OS. The fourth-order valence-electron chi connectivity index (χ4n) is 1.83. The summed E-state index contributed by atoms with van der Waals surface area (Å²) in [6.45, 7) is 4.16. The summed E-state index contributed by atoms with van der Waals surface area (Å²) in [7, 11) is 1.61. The van der Waals surface area contributed by atoms with E-state index in [1.165, 1.54) is 11.5 Å². The van der Waals surface area contributed by atoms with E-state index in [1.54, 1.807) is 19.5 Å². The Balaban J connectivity index is 2.41. The minimum Gasteiger partial charge on any atom is -0.495 e. The molecule has 3 N–H and O–H groups in total. The van der Waals surface area contributed by atoms with Gasteiger partial charge >= 0.3 is 0 Å². The molecule has 102 valence electrons. The molecule has 1 unspecified atom stereocenters. The molecule has 2 aromatic rings. The monoisotopic (exact) mass is 279 g/mol. The second-order valence-electron chi connectivity index (χ2n) is 4.43. The summed E-state index contributed by atoms with van der Waals surface area (Å²) in [5.74, 6) is 6.68. The van der Waals surface area contributed by atoms with E-state index < -0.39 is 0 Å². The first-order valence-corrected chi connectivity index (χ1v) is 6.72. The van der Waals surface area contributed by atoms with Crippen LogP contribution in [-0.4, -0.2) is 21.7 Å². The van der Waals surface area contributed by atoms with Crippen molar-refractivity contribution in [1.82, 2.24) is 20.0 Å². The van der Waals surface area contributed by atoms with Crippen molar-refractivity contribution < 1.29 is 4.74 Å². The fraction of sp³-hybridized carbons (Fsp3) is 0.417. The highest BCUT2D eigenvalue weighted by molar-refractivity contribution is 7.05. The van der Waals surface area contributed by atoms with E-state index in [9.17, 15) is 0 Å². The van der Waals surface area contributed by atoms with Gasteiger partial charge in [-0.25, -0.2) is 5.43 Å². The molecule has 0 aliphatic heterocycles. The van der Waals surface area contributed by atoms with Gasteiger partial charge in [0, 0.05) is 6.20 Å². The molecule has 0 radical (unpaired) electrons. The second kappa shape index (κ2) is 6.05. The van der Waals surface area contributed by atoms with E-state index in [4.69, 9.17) is 10.6 Å². The van der Waals surface area contributed by atoms with E-state index in [2.05, 4.69) is 33.8 Å². The summed E-state index contributed by atoms with van der Waals surface area (Å²) in [5.41, 5.74) is 4.68. The molecule has 1 atom stereocenters. The number of pyridine rings is 1. The number of nitrogens with one attached hydrogen (secondary N) is 1. The molecule has 19 heavy (non-hydrogen) atoms. The molecule has 2 aromatic heterocycles. The third kappa shape index (κ3) is 2.89. The SMILES string of the molecule is COc1cncc(C(NN)c2snnc2C(C)C)c1. The lowest BCUT2D eigenvalue weighted by Crippen LogP contribution is -2.29. The van der Waals surface area contributed by atoms with Gasteiger partial charge < -0.3 is 4.74 Å². The van der Waals surface area contributed by atoms with Crippen LogP contribution in [0, 0.1) is 0 Å². The van der Waals surface area contributed by atoms with Crippen molar-refractivity contribution in [3.63, 3.8) is 0 Å². The van der Waals surface area contributed by atoms with Crippen LogP contribution in [0.2, 0.25) is 0 Å². The van der Waals surface area contributed by atoms with Crippen molar-refractivity contribution in [2.24, 2.45) is 5.84 Å². The van der Waals surface area contributed by atoms with Crippen molar-refractivity contribution in [3.8, 4) is 5.75 Å². The first kappa shape index (κ1) is 13.9. The first-order chi connectivity index (χ1) is 9.17. The number of ether oxygens (including phenoxy) is 1. The third-order valence-electron chi connectivity index (χ3n) is 2.82. The van der Waals surface area contributed by atoms with Crippen LogP contribution in [0.15, 0.2) is 18.5 Å². The zero-order valence-corrected chi connectivity index (χ0v) is 11.9. The molecule has 0 saturated heterocycles. The number of nitrogens with zero attached hydrogens (tertiary/aromatic N) is 3. The Morgan fingerprint density at radius 1 is 1.37 bits per heavy atom. The summed E-state index contributed by atoms with van der Waals surface area (Å²) in [6.07, 6.45) is 3.42. The summed E-state index contributed by atoms with van der Waals surface area (Å²) in [6, 6.07) is 1.72. The molecule has 6 nitrogen and oxygen atoms in total. The lowest BCUT2D eigenvalue weighted by Gasteiger charge is -2.16. The number of hydrogen-bond acceptors (Lipinski definition) is 7. The minimum atomic E-state index is -0.181. The topological polar surface area (TPSA) is 86.0 Å². The number of hydrogen-bond donors (Lipinski definition) is 2. The number of aromatic nitrogens is 3. The molecule has 0 aliphatic rings. The summed E-state index contributed by atoms with van der Waals surface area (Å²) in [4.78, 5) is 5.16. The van der Waals surface area contributed by atoms with E-state index in [0.717, 1.165) is 16.1 Å². The van der Waals surface area contributed by atoms with Crippen LogP contribution in [0.25, 0.3) is 0 Å². The maximum atomic E-state index is 5.69. The maximum Gasteiger partial charge on any atom is 0.137 e. The van der Waals surface area contributed by atoms with Crippen LogP contribution in [0.5, 0.6) is 5.75 Å². The molecule has 0 aromatic carbocycles. The van der Waals surface area contributed by atoms with Crippen LogP contribution in [-0.2, 0) is 0 Å². The zero-order chi connectivity index (χ0) is 13.8. The number of nitrogens with two attached hydrogens (primary N) is 1.